The summed E-state index contributed by atoms with van der Waals surface area (Å²) in [6, 6.07) is 9.37. The third-order valence-corrected chi connectivity index (χ3v) is 4.27. The summed E-state index contributed by atoms with van der Waals surface area (Å²) in [6.45, 7) is 0. The van der Waals surface area contributed by atoms with Crippen molar-refractivity contribution in [2.24, 2.45) is 0 Å². The quantitative estimate of drug-likeness (QED) is 0.927. The summed E-state index contributed by atoms with van der Waals surface area (Å²) >= 11 is 3.24. The van der Waals surface area contributed by atoms with E-state index in [0.29, 0.717) is 15.1 Å². The van der Waals surface area contributed by atoms with Crippen LogP contribution in [0.25, 0.3) is 11.3 Å². The van der Waals surface area contributed by atoms with Crippen molar-refractivity contribution in [3.63, 3.8) is 0 Å². The second kappa shape index (κ2) is 4.07. The van der Waals surface area contributed by atoms with Crippen LogP contribution < -0.4 is 0 Å². The number of H-pyrrole nitrogens is 1. The molecular weight excluding hydrogens is 290 g/mol. The highest BCUT2D eigenvalue weighted by molar-refractivity contribution is 9.10. The summed E-state index contributed by atoms with van der Waals surface area (Å²) < 4.78 is 23.9. The third-order valence-electron chi connectivity index (χ3n) is 2.22. The van der Waals surface area contributed by atoms with Gasteiger partial charge in [0.05, 0.1) is 10.2 Å². The molecule has 1 aromatic heterocycles. The number of benzene rings is 1. The van der Waals surface area contributed by atoms with E-state index in [-0.39, 0.29) is 0 Å². The Kier molecular flexibility index (Phi) is 2.90. The molecule has 0 radical (unpaired) electrons. The largest absolute Gasteiger partial charge is 0.359 e. The summed E-state index contributed by atoms with van der Waals surface area (Å²) in [5.41, 5.74) is 1.48. The van der Waals surface area contributed by atoms with Gasteiger partial charge in [0.1, 0.15) is 4.90 Å². The van der Waals surface area contributed by atoms with Gasteiger partial charge in [0.25, 0.3) is 0 Å². The smallest absolute Gasteiger partial charge is 0.178 e. The van der Waals surface area contributed by atoms with Gasteiger partial charge in [-0.2, -0.15) is 0 Å². The zero-order valence-corrected chi connectivity index (χ0v) is 11.0. The van der Waals surface area contributed by atoms with E-state index in [4.69, 9.17) is 0 Å². The van der Waals surface area contributed by atoms with Crippen LogP contribution in [0.3, 0.4) is 0 Å². The van der Waals surface area contributed by atoms with E-state index >= 15 is 0 Å². The van der Waals surface area contributed by atoms with Gasteiger partial charge in [0.15, 0.2) is 9.84 Å². The average Bonchev–Trinajstić information content (AvgIpc) is 2.61. The van der Waals surface area contributed by atoms with Crippen LogP contribution in [0, 0.1) is 0 Å². The lowest BCUT2D eigenvalue weighted by molar-refractivity contribution is 0.602. The topological polar surface area (TPSA) is 49.9 Å². The van der Waals surface area contributed by atoms with E-state index in [1.807, 2.05) is 30.3 Å². The van der Waals surface area contributed by atoms with E-state index in [2.05, 4.69) is 20.9 Å². The van der Waals surface area contributed by atoms with Gasteiger partial charge in [0.2, 0.25) is 0 Å². The van der Waals surface area contributed by atoms with Crippen LogP contribution in [-0.4, -0.2) is 19.7 Å². The highest BCUT2D eigenvalue weighted by Crippen LogP contribution is 2.32. The lowest BCUT2D eigenvalue weighted by atomic mass is 10.2. The van der Waals surface area contributed by atoms with Gasteiger partial charge in [-0.05, 0) is 21.5 Å². The van der Waals surface area contributed by atoms with Crippen molar-refractivity contribution in [1.82, 2.24) is 4.98 Å². The Hall–Kier alpha value is -1.07. The first-order chi connectivity index (χ1) is 7.50. The minimum absolute atomic E-state index is 0.304. The molecule has 0 saturated heterocycles. The number of rotatable bonds is 2. The van der Waals surface area contributed by atoms with Crippen molar-refractivity contribution in [2.45, 2.75) is 4.90 Å². The summed E-state index contributed by atoms with van der Waals surface area (Å²) in [5, 5.41) is 0. The van der Waals surface area contributed by atoms with Crippen LogP contribution in [0.15, 0.2) is 45.9 Å². The van der Waals surface area contributed by atoms with E-state index in [0.717, 1.165) is 5.56 Å². The monoisotopic (exact) mass is 299 g/mol. The van der Waals surface area contributed by atoms with Crippen LogP contribution in [0.2, 0.25) is 0 Å². The summed E-state index contributed by atoms with van der Waals surface area (Å²) in [5.74, 6) is 0. The van der Waals surface area contributed by atoms with Crippen molar-refractivity contribution >= 4 is 25.8 Å². The second-order valence-electron chi connectivity index (χ2n) is 3.48. The van der Waals surface area contributed by atoms with Gasteiger partial charge < -0.3 is 4.98 Å². The van der Waals surface area contributed by atoms with E-state index in [1.165, 1.54) is 6.26 Å². The number of hydrogen-bond acceptors (Lipinski definition) is 2. The molecule has 0 aliphatic carbocycles. The molecule has 16 heavy (non-hydrogen) atoms. The molecule has 5 heteroatoms. The molecule has 0 fully saturated rings. The molecule has 3 nitrogen and oxygen atoms in total. The molecule has 0 saturated carbocycles. The van der Waals surface area contributed by atoms with E-state index in [9.17, 15) is 8.42 Å². The highest BCUT2D eigenvalue weighted by Gasteiger charge is 2.19. The molecule has 2 aromatic rings. The van der Waals surface area contributed by atoms with Crippen LogP contribution >= 0.6 is 15.9 Å². The van der Waals surface area contributed by atoms with Gasteiger partial charge in [0, 0.05) is 12.5 Å². The van der Waals surface area contributed by atoms with Crippen LogP contribution in [-0.2, 0) is 9.84 Å². The fourth-order valence-electron chi connectivity index (χ4n) is 1.57. The summed E-state index contributed by atoms with van der Waals surface area (Å²) in [7, 11) is -3.25. The Balaban J connectivity index is 2.69. The fraction of sp³-hybridized carbons (Fsp3) is 0.0909. The number of aromatic amines is 1. The van der Waals surface area contributed by atoms with Crippen LogP contribution in [0.1, 0.15) is 0 Å². The second-order valence-corrected chi connectivity index (χ2v) is 6.29. The van der Waals surface area contributed by atoms with Crippen LogP contribution in [0.5, 0.6) is 0 Å². The lowest BCUT2D eigenvalue weighted by Crippen LogP contribution is -1.98. The molecule has 0 spiro atoms. The maximum Gasteiger partial charge on any atom is 0.178 e. The maximum absolute atomic E-state index is 11.7. The minimum atomic E-state index is -3.25. The van der Waals surface area contributed by atoms with Gasteiger partial charge in [-0.1, -0.05) is 30.3 Å². The standard InChI is InChI=1S/C11H10BrNO2S/c1-16(14,15)11-9(12)7-13-10(11)8-5-3-2-4-6-8/h2-7,13H,1H3. The zero-order chi connectivity index (χ0) is 11.8. The van der Waals surface area contributed by atoms with Gasteiger partial charge in [-0.25, -0.2) is 8.42 Å². The predicted octanol–water partition coefficient (Wildman–Crippen LogP) is 2.85. The minimum Gasteiger partial charge on any atom is -0.359 e. The van der Waals surface area contributed by atoms with Crippen molar-refractivity contribution in [1.29, 1.82) is 0 Å². The Labute approximate surface area is 103 Å². The van der Waals surface area contributed by atoms with Gasteiger partial charge in [-0.15, -0.1) is 0 Å². The first-order valence-electron chi connectivity index (χ1n) is 4.62. The zero-order valence-electron chi connectivity index (χ0n) is 8.57. The molecule has 0 aliphatic heterocycles. The van der Waals surface area contributed by atoms with E-state index < -0.39 is 9.84 Å². The van der Waals surface area contributed by atoms with Crippen molar-refractivity contribution in [2.75, 3.05) is 6.26 Å². The number of sulfone groups is 1. The first-order valence-corrected chi connectivity index (χ1v) is 7.31. The Morgan fingerprint density at radius 3 is 2.38 bits per heavy atom. The molecule has 1 N–H and O–H groups in total. The van der Waals surface area contributed by atoms with Crippen molar-refractivity contribution in [3.8, 4) is 11.3 Å². The molecule has 1 heterocycles. The fourth-order valence-corrected chi connectivity index (χ4v) is 3.72. The maximum atomic E-state index is 11.7. The van der Waals surface area contributed by atoms with E-state index in [1.54, 1.807) is 6.20 Å². The molecule has 2 rings (SSSR count). The number of nitrogens with one attached hydrogen (secondary N) is 1. The van der Waals surface area contributed by atoms with Gasteiger partial charge >= 0.3 is 0 Å². The van der Waals surface area contributed by atoms with Gasteiger partial charge in [-0.3, -0.25) is 0 Å². The average molecular weight is 300 g/mol. The summed E-state index contributed by atoms with van der Waals surface area (Å²) in [4.78, 5) is 3.28. The number of aromatic nitrogens is 1. The number of halogens is 1. The third kappa shape index (κ3) is 2.05. The Morgan fingerprint density at radius 1 is 1.19 bits per heavy atom. The highest BCUT2D eigenvalue weighted by atomic mass is 79.9. The molecule has 1 aromatic carbocycles. The van der Waals surface area contributed by atoms with Crippen molar-refractivity contribution < 1.29 is 8.42 Å². The molecule has 84 valence electrons. The number of hydrogen-bond donors (Lipinski definition) is 1. The van der Waals surface area contributed by atoms with Crippen LogP contribution in [0.4, 0.5) is 0 Å². The SMILES string of the molecule is CS(=O)(=O)c1c(Br)c[nH]c1-c1ccccc1. The Bertz CT molecular complexity index is 602. The molecule has 0 aliphatic rings. The normalized spacial score (nSPS) is 11.6. The first kappa shape index (κ1) is 11.4. The molecule has 0 amide bonds. The molecule has 0 bridgehead atoms. The molecular formula is C11H10BrNO2S. The summed E-state index contributed by atoms with van der Waals surface area (Å²) in [6.07, 6.45) is 2.84. The molecule has 0 atom stereocenters. The Morgan fingerprint density at radius 2 is 1.81 bits per heavy atom. The predicted molar refractivity (Wildman–Crippen MR) is 67.0 cm³/mol. The molecule has 0 unspecified atom stereocenters. The van der Waals surface area contributed by atoms with Crippen molar-refractivity contribution in [3.05, 3.63) is 41.0 Å². The lowest BCUT2D eigenvalue weighted by Gasteiger charge is -2.02.